The Hall–Kier alpha value is -1.72. The van der Waals surface area contributed by atoms with Crippen molar-refractivity contribution in [3.8, 4) is 0 Å². The number of benzene rings is 2. The molecule has 0 unspecified atom stereocenters. The summed E-state index contributed by atoms with van der Waals surface area (Å²) >= 11 is 0. The molecule has 0 aliphatic rings. The Morgan fingerprint density at radius 1 is 0.413 bits per heavy atom. The Balaban J connectivity index is 1.47. The SMILES string of the molecule is CCOC(CCCCCCCCCC(C)CCCCCCCCCC(OCC)(OCC)c1ccccc1)(OCC)c1ccccc1. The topological polar surface area (TPSA) is 36.9 Å². The first kappa shape index (κ1) is 40.5. The summed E-state index contributed by atoms with van der Waals surface area (Å²) in [6, 6.07) is 21.0. The average Bonchev–Trinajstić information content (AvgIpc) is 3.07. The predicted octanol–water partition coefficient (Wildman–Crippen LogP) is 12.5. The molecular formula is C42H70O4. The first-order chi connectivity index (χ1) is 22.6. The van der Waals surface area contributed by atoms with Crippen LogP contribution in [0.5, 0.6) is 0 Å². The third kappa shape index (κ3) is 15.5. The van der Waals surface area contributed by atoms with Crippen molar-refractivity contribution in [1.29, 1.82) is 0 Å². The second-order valence-corrected chi connectivity index (χ2v) is 13.1. The maximum Gasteiger partial charge on any atom is 0.194 e. The molecule has 0 heterocycles. The van der Waals surface area contributed by atoms with E-state index in [2.05, 4.69) is 95.3 Å². The number of hydrogen-bond acceptors (Lipinski definition) is 4. The second-order valence-electron chi connectivity index (χ2n) is 13.1. The largest absolute Gasteiger partial charge is 0.346 e. The molecule has 2 rings (SSSR count). The van der Waals surface area contributed by atoms with E-state index in [1.54, 1.807) is 0 Å². The molecule has 0 atom stereocenters. The van der Waals surface area contributed by atoms with Crippen molar-refractivity contribution < 1.29 is 18.9 Å². The minimum atomic E-state index is -0.592. The van der Waals surface area contributed by atoms with E-state index < -0.39 is 11.6 Å². The van der Waals surface area contributed by atoms with Crippen LogP contribution in [-0.2, 0) is 30.5 Å². The molecule has 2 aromatic carbocycles. The van der Waals surface area contributed by atoms with E-state index in [0.717, 1.165) is 42.7 Å². The zero-order chi connectivity index (χ0) is 33.2. The first-order valence-electron chi connectivity index (χ1n) is 19.2. The standard InChI is InChI=1S/C42H70O4/c1-6-43-41(44-7-2,39-32-24-20-25-33-39)36-28-18-14-10-12-16-22-30-38(5)31-23-17-13-11-15-19-29-37-42(45-8-3,46-9-4)40-34-26-21-27-35-40/h20-21,24-27,32-35,38H,6-19,22-23,28-31,36-37H2,1-5H3. The zero-order valence-corrected chi connectivity index (χ0v) is 30.5. The quantitative estimate of drug-likeness (QED) is 0.0630. The molecule has 0 aliphatic heterocycles. The van der Waals surface area contributed by atoms with Crippen molar-refractivity contribution in [1.82, 2.24) is 0 Å². The minimum absolute atomic E-state index is 0.592. The van der Waals surface area contributed by atoms with Gasteiger partial charge in [0, 0.05) is 50.4 Å². The van der Waals surface area contributed by atoms with Crippen molar-refractivity contribution in [3.05, 3.63) is 71.8 Å². The number of unbranched alkanes of at least 4 members (excludes halogenated alkanes) is 12. The van der Waals surface area contributed by atoms with Gasteiger partial charge in [-0.25, -0.2) is 0 Å². The second kappa shape index (κ2) is 25.3. The van der Waals surface area contributed by atoms with Gasteiger partial charge in [-0.05, 0) is 46.5 Å². The van der Waals surface area contributed by atoms with Gasteiger partial charge in [0.1, 0.15) is 0 Å². The maximum absolute atomic E-state index is 6.21. The van der Waals surface area contributed by atoms with Crippen molar-refractivity contribution >= 4 is 0 Å². The van der Waals surface area contributed by atoms with Crippen LogP contribution in [-0.4, -0.2) is 26.4 Å². The fourth-order valence-corrected chi connectivity index (χ4v) is 6.92. The van der Waals surface area contributed by atoms with Gasteiger partial charge in [0.15, 0.2) is 11.6 Å². The highest BCUT2D eigenvalue weighted by molar-refractivity contribution is 5.21. The van der Waals surface area contributed by atoms with E-state index in [4.69, 9.17) is 18.9 Å². The van der Waals surface area contributed by atoms with Crippen LogP contribution in [0.15, 0.2) is 60.7 Å². The lowest BCUT2D eigenvalue weighted by Crippen LogP contribution is -2.33. The summed E-state index contributed by atoms with van der Waals surface area (Å²) in [5.74, 6) is -0.317. The molecule has 0 N–H and O–H groups in total. The van der Waals surface area contributed by atoms with Crippen molar-refractivity contribution in [2.24, 2.45) is 5.92 Å². The highest BCUT2D eigenvalue weighted by atomic mass is 16.7. The molecule has 46 heavy (non-hydrogen) atoms. The highest BCUT2D eigenvalue weighted by Gasteiger charge is 2.34. The summed E-state index contributed by atoms with van der Waals surface area (Å²) in [4.78, 5) is 0. The van der Waals surface area contributed by atoms with Gasteiger partial charge in [-0.15, -0.1) is 0 Å². The van der Waals surface area contributed by atoms with Crippen LogP contribution in [0, 0.1) is 5.92 Å². The third-order valence-electron chi connectivity index (χ3n) is 9.34. The van der Waals surface area contributed by atoms with Crippen LogP contribution in [0.3, 0.4) is 0 Å². The molecule has 0 bridgehead atoms. The van der Waals surface area contributed by atoms with Crippen LogP contribution in [0.1, 0.15) is 161 Å². The fourth-order valence-electron chi connectivity index (χ4n) is 6.92. The molecule has 0 aromatic heterocycles. The van der Waals surface area contributed by atoms with Crippen LogP contribution in [0.2, 0.25) is 0 Å². The molecule has 0 aliphatic carbocycles. The lowest BCUT2D eigenvalue weighted by Gasteiger charge is -2.34. The summed E-state index contributed by atoms with van der Waals surface area (Å²) in [5, 5.41) is 0. The van der Waals surface area contributed by atoms with Gasteiger partial charge in [0.2, 0.25) is 0 Å². The van der Waals surface area contributed by atoms with Gasteiger partial charge in [0.05, 0.1) is 0 Å². The monoisotopic (exact) mass is 639 g/mol. The fraction of sp³-hybridized carbons (Fsp3) is 0.714. The first-order valence-corrected chi connectivity index (χ1v) is 19.2. The van der Waals surface area contributed by atoms with Crippen LogP contribution < -0.4 is 0 Å². The normalized spacial score (nSPS) is 12.3. The van der Waals surface area contributed by atoms with E-state index in [-0.39, 0.29) is 0 Å². The summed E-state index contributed by atoms with van der Waals surface area (Å²) in [7, 11) is 0. The Kier molecular flexibility index (Phi) is 22.3. The molecular weight excluding hydrogens is 568 g/mol. The maximum atomic E-state index is 6.21. The van der Waals surface area contributed by atoms with Crippen LogP contribution in [0.25, 0.3) is 0 Å². The lowest BCUT2D eigenvalue weighted by molar-refractivity contribution is -0.247. The molecule has 4 nitrogen and oxygen atoms in total. The van der Waals surface area contributed by atoms with E-state index >= 15 is 0 Å². The Labute approximate surface area is 284 Å². The van der Waals surface area contributed by atoms with Crippen molar-refractivity contribution in [2.45, 2.75) is 162 Å². The van der Waals surface area contributed by atoms with Gasteiger partial charge in [-0.3, -0.25) is 0 Å². The van der Waals surface area contributed by atoms with Gasteiger partial charge in [0.25, 0.3) is 0 Å². The molecule has 262 valence electrons. The molecule has 0 amide bonds. The number of ether oxygens (including phenoxy) is 4. The molecule has 0 fully saturated rings. The van der Waals surface area contributed by atoms with Crippen LogP contribution in [0.4, 0.5) is 0 Å². The average molecular weight is 639 g/mol. The summed E-state index contributed by atoms with van der Waals surface area (Å²) in [6.45, 7) is 13.4. The van der Waals surface area contributed by atoms with Crippen molar-refractivity contribution in [3.63, 3.8) is 0 Å². The Morgan fingerprint density at radius 2 is 0.696 bits per heavy atom. The molecule has 2 aromatic rings. The van der Waals surface area contributed by atoms with Gasteiger partial charge in [-0.2, -0.15) is 0 Å². The van der Waals surface area contributed by atoms with E-state index in [1.165, 1.54) is 89.9 Å². The molecule has 4 heteroatoms. The van der Waals surface area contributed by atoms with E-state index in [1.807, 2.05) is 0 Å². The summed E-state index contributed by atoms with van der Waals surface area (Å²) < 4.78 is 24.8. The Bertz CT molecular complexity index is 857. The third-order valence-corrected chi connectivity index (χ3v) is 9.34. The number of rotatable bonds is 30. The Morgan fingerprint density at radius 3 is 1.00 bits per heavy atom. The summed E-state index contributed by atoms with van der Waals surface area (Å²) in [5.41, 5.74) is 2.29. The minimum Gasteiger partial charge on any atom is -0.346 e. The van der Waals surface area contributed by atoms with E-state index in [0.29, 0.717) is 26.4 Å². The summed E-state index contributed by atoms with van der Waals surface area (Å²) in [6.07, 6.45) is 23.0. The number of hydrogen-bond donors (Lipinski definition) is 0. The van der Waals surface area contributed by atoms with Crippen LogP contribution >= 0.6 is 0 Å². The molecule has 0 spiro atoms. The molecule has 0 saturated carbocycles. The lowest BCUT2D eigenvalue weighted by atomic mass is 9.95. The predicted molar refractivity (Wildman–Crippen MR) is 195 cm³/mol. The molecule has 0 radical (unpaired) electrons. The van der Waals surface area contributed by atoms with Crippen molar-refractivity contribution in [2.75, 3.05) is 26.4 Å². The van der Waals surface area contributed by atoms with Gasteiger partial charge >= 0.3 is 0 Å². The van der Waals surface area contributed by atoms with Gasteiger partial charge < -0.3 is 18.9 Å². The molecule has 0 saturated heterocycles. The highest BCUT2D eigenvalue weighted by Crippen LogP contribution is 2.35. The van der Waals surface area contributed by atoms with E-state index in [9.17, 15) is 0 Å². The zero-order valence-electron chi connectivity index (χ0n) is 30.5. The smallest absolute Gasteiger partial charge is 0.194 e. The van der Waals surface area contributed by atoms with Gasteiger partial charge in [-0.1, -0.05) is 157 Å².